The second-order valence-corrected chi connectivity index (χ2v) is 5.84. The SMILES string of the molecule is CC(C)c1cc(CC2CCNCC2)ccc1C(N)=O.Cl. The Morgan fingerprint density at radius 1 is 1.35 bits per heavy atom. The summed E-state index contributed by atoms with van der Waals surface area (Å²) in [4.78, 5) is 11.4. The van der Waals surface area contributed by atoms with Crippen molar-refractivity contribution in [3.05, 3.63) is 34.9 Å². The summed E-state index contributed by atoms with van der Waals surface area (Å²) in [5, 5.41) is 3.39. The van der Waals surface area contributed by atoms with Crippen LogP contribution in [-0.2, 0) is 6.42 Å². The Bertz CT molecular complexity index is 454. The molecule has 1 fully saturated rings. The van der Waals surface area contributed by atoms with E-state index >= 15 is 0 Å². The van der Waals surface area contributed by atoms with Gasteiger partial charge in [-0.25, -0.2) is 0 Å². The first kappa shape index (κ1) is 17.0. The molecule has 0 aromatic heterocycles. The van der Waals surface area contributed by atoms with Crippen molar-refractivity contribution >= 4 is 18.3 Å². The Morgan fingerprint density at radius 3 is 2.55 bits per heavy atom. The molecule has 1 amide bonds. The normalized spacial score (nSPS) is 15.9. The Hall–Kier alpha value is -1.06. The number of halogens is 1. The summed E-state index contributed by atoms with van der Waals surface area (Å²) >= 11 is 0. The number of piperidine rings is 1. The van der Waals surface area contributed by atoms with Crippen LogP contribution < -0.4 is 11.1 Å². The van der Waals surface area contributed by atoms with Crippen LogP contribution >= 0.6 is 12.4 Å². The van der Waals surface area contributed by atoms with Crippen LogP contribution in [0.3, 0.4) is 0 Å². The lowest BCUT2D eigenvalue weighted by atomic mass is 9.88. The molecule has 0 radical (unpaired) electrons. The molecule has 3 N–H and O–H groups in total. The van der Waals surface area contributed by atoms with Gasteiger partial charge in [0.25, 0.3) is 0 Å². The monoisotopic (exact) mass is 296 g/mol. The van der Waals surface area contributed by atoms with Crippen LogP contribution in [0.25, 0.3) is 0 Å². The minimum absolute atomic E-state index is 0. The number of amides is 1. The van der Waals surface area contributed by atoms with Gasteiger partial charge >= 0.3 is 0 Å². The zero-order valence-electron chi connectivity index (χ0n) is 12.3. The van der Waals surface area contributed by atoms with Gasteiger partial charge in [0, 0.05) is 5.56 Å². The number of hydrogen-bond donors (Lipinski definition) is 2. The molecule has 1 saturated heterocycles. The van der Waals surface area contributed by atoms with Crippen molar-refractivity contribution < 1.29 is 4.79 Å². The lowest BCUT2D eigenvalue weighted by molar-refractivity contribution is 0.0999. The molecule has 20 heavy (non-hydrogen) atoms. The van der Waals surface area contributed by atoms with Gasteiger partial charge in [-0.1, -0.05) is 26.0 Å². The molecule has 1 aromatic rings. The van der Waals surface area contributed by atoms with Crippen molar-refractivity contribution in [2.24, 2.45) is 11.7 Å². The van der Waals surface area contributed by atoms with Gasteiger partial charge < -0.3 is 11.1 Å². The van der Waals surface area contributed by atoms with E-state index in [0.717, 1.165) is 31.0 Å². The van der Waals surface area contributed by atoms with Crippen molar-refractivity contribution in [1.82, 2.24) is 5.32 Å². The molecule has 1 heterocycles. The molecule has 0 bridgehead atoms. The van der Waals surface area contributed by atoms with Crippen LogP contribution in [0, 0.1) is 5.92 Å². The number of carbonyl (C=O) groups is 1. The van der Waals surface area contributed by atoms with E-state index in [1.807, 2.05) is 6.07 Å². The molecule has 0 aliphatic carbocycles. The predicted molar refractivity (Wildman–Crippen MR) is 85.6 cm³/mol. The van der Waals surface area contributed by atoms with Gasteiger partial charge in [-0.05, 0) is 61.4 Å². The number of carbonyl (C=O) groups excluding carboxylic acids is 1. The molecule has 1 aliphatic rings. The minimum Gasteiger partial charge on any atom is -0.366 e. The predicted octanol–water partition coefficient (Wildman–Crippen LogP) is 2.87. The van der Waals surface area contributed by atoms with E-state index in [1.54, 1.807) is 0 Å². The molecular weight excluding hydrogens is 272 g/mol. The molecule has 0 saturated carbocycles. The molecular formula is C16H25ClN2O. The zero-order chi connectivity index (χ0) is 13.8. The number of nitrogens with two attached hydrogens (primary N) is 1. The third kappa shape index (κ3) is 4.22. The molecule has 4 heteroatoms. The van der Waals surface area contributed by atoms with Crippen LogP contribution in [0.2, 0.25) is 0 Å². The van der Waals surface area contributed by atoms with Gasteiger partial charge in [0.15, 0.2) is 0 Å². The van der Waals surface area contributed by atoms with Gasteiger partial charge in [0.1, 0.15) is 0 Å². The maximum Gasteiger partial charge on any atom is 0.248 e. The quantitative estimate of drug-likeness (QED) is 0.897. The van der Waals surface area contributed by atoms with Gasteiger partial charge in [-0.2, -0.15) is 0 Å². The van der Waals surface area contributed by atoms with E-state index in [0.29, 0.717) is 11.5 Å². The lowest BCUT2D eigenvalue weighted by Gasteiger charge is -2.23. The fraction of sp³-hybridized carbons (Fsp3) is 0.562. The third-order valence-electron chi connectivity index (χ3n) is 3.99. The molecule has 1 aromatic carbocycles. The number of nitrogens with one attached hydrogen (secondary N) is 1. The molecule has 2 rings (SSSR count). The van der Waals surface area contributed by atoms with E-state index in [-0.39, 0.29) is 18.3 Å². The average molecular weight is 297 g/mol. The molecule has 0 atom stereocenters. The van der Waals surface area contributed by atoms with Crippen LogP contribution in [0.15, 0.2) is 18.2 Å². The van der Waals surface area contributed by atoms with Crippen molar-refractivity contribution in [2.75, 3.05) is 13.1 Å². The maximum atomic E-state index is 11.4. The Labute approximate surface area is 127 Å². The van der Waals surface area contributed by atoms with Crippen molar-refractivity contribution in [3.8, 4) is 0 Å². The zero-order valence-corrected chi connectivity index (χ0v) is 13.1. The number of benzene rings is 1. The summed E-state index contributed by atoms with van der Waals surface area (Å²) in [6, 6.07) is 6.13. The topological polar surface area (TPSA) is 55.1 Å². The van der Waals surface area contributed by atoms with E-state index in [9.17, 15) is 4.79 Å². The third-order valence-corrected chi connectivity index (χ3v) is 3.99. The van der Waals surface area contributed by atoms with E-state index < -0.39 is 0 Å². The Morgan fingerprint density at radius 2 is 2.00 bits per heavy atom. The highest BCUT2D eigenvalue weighted by atomic mass is 35.5. The summed E-state index contributed by atoms with van der Waals surface area (Å²) in [5.41, 5.74) is 8.53. The highest BCUT2D eigenvalue weighted by molar-refractivity contribution is 5.94. The summed E-state index contributed by atoms with van der Waals surface area (Å²) in [6.07, 6.45) is 3.60. The van der Waals surface area contributed by atoms with Crippen molar-refractivity contribution in [2.45, 2.75) is 39.0 Å². The highest BCUT2D eigenvalue weighted by Crippen LogP contribution is 2.24. The number of hydrogen-bond acceptors (Lipinski definition) is 2. The standard InChI is InChI=1S/C16H24N2O.ClH/c1-11(2)15-10-13(3-4-14(15)16(17)19)9-12-5-7-18-8-6-12;/h3-4,10-12,18H,5-9H2,1-2H3,(H2,17,19);1H. The summed E-state index contributed by atoms with van der Waals surface area (Å²) in [5.74, 6) is 0.772. The van der Waals surface area contributed by atoms with Gasteiger partial charge in [0.2, 0.25) is 5.91 Å². The van der Waals surface area contributed by atoms with E-state index in [2.05, 4.69) is 31.3 Å². The Balaban J connectivity index is 0.00000200. The van der Waals surface area contributed by atoms with Crippen molar-refractivity contribution in [3.63, 3.8) is 0 Å². The van der Waals surface area contributed by atoms with Crippen molar-refractivity contribution in [1.29, 1.82) is 0 Å². The fourth-order valence-electron chi connectivity index (χ4n) is 2.86. The smallest absolute Gasteiger partial charge is 0.248 e. The van der Waals surface area contributed by atoms with E-state index in [4.69, 9.17) is 5.73 Å². The van der Waals surface area contributed by atoms with Crippen LogP contribution in [0.1, 0.15) is 54.1 Å². The summed E-state index contributed by atoms with van der Waals surface area (Å²) < 4.78 is 0. The van der Waals surface area contributed by atoms with Crippen LogP contribution in [0.5, 0.6) is 0 Å². The van der Waals surface area contributed by atoms with Gasteiger partial charge in [-0.15, -0.1) is 12.4 Å². The second kappa shape index (κ2) is 7.65. The molecule has 112 valence electrons. The lowest BCUT2D eigenvalue weighted by Crippen LogP contribution is -2.28. The second-order valence-electron chi connectivity index (χ2n) is 5.84. The average Bonchev–Trinajstić information content (AvgIpc) is 2.39. The van der Waals surface area contributed by atoms with Crippen LogP contribution in [-0.4, -0.2) is 19.0 Å². The molecule has 0 spiro atoms. The highest BCUT2D eigenvalue weighted by Gasteiger charge is 2.16. The van der Waals surface area contributed by atoms with Gasteiger partial charge in [-0.3, -0.25) is 4.79 Å². The largest absolute Gasteiger partial charge is 0.366 e. The van der Waals surface area contributed by atoms with Gasteiger partial charge in [0.05, 0.1) is 0 Å². The summed E-state index contributed by atoms with van der Waals surface area (Å²) in [7, 11) is 0. The first-order chi connectivity index (χ1) is 9.08. The summed E-state index contributed by atoms with van der Waals surface area (Å²) in [6.45, 7) is 6.47. The first-order valence-corrected chi connectivity index (χ1v) is 7.21. The maximum absolute atomic E-state index is 11.4. The fourth-order valence-corrected chi connectivity index (χ4v) is 2.86. The van der Waals surface area contributed by atoms with E-state index in [1.165, 1.54) is 18.4 Å². The number of primary amides is 1. The molecule has 0 unspecified atom stereocenters. The Kier molecular flexibility index (Phi) is 6.50. The first-order valence-electron chi connectivity index (χ1n) is 7.21. The molecule has 1 aliphatic heterocycles. The number of rotatable bonds is 4. The van der Waals surface area contributed by atoms with Crippen LogP contribution in [0.4, 0.5) is 0 Å². The minimum atomic E-state index is -0.322. The molecule has 3 nitrogen and oxygen atoms in total.